The number of nitrogens with one attached hydrogen (secondary N) is 1. The summed E-state index contributed by atoms with van der Waals surface area (Å²) in [5.74, 6) is 5.63. The number of aryl methyl sites for hydroxylation is 2. The molecule has 0 saturated heterocycles. The lowest BCUT2D eigenvalue weighted by atomic mass is 10.0. The standard InChI is InChI=1S/C14H18N4/c1-11-8-13(10-17-9-11)14(18-15)3-2-12-4-6-16-7-5-12/h4-10,14,18H,2-3,15H2,1H3. The van der Waals surface area contributed by atoms with Crippen LogP contribution in [0, 0.1) is 6.92 Å². The summed E-state index contributed by atoms with van der Waals surface area (Å²) in [7, 11) is 0. The molecule has 0 aliphatic carbocycles. The van der Waals surface area contributed by atoms with E-state index in [2.05, 4.69) is 21.5 Å². The quantitative estimate of drug-likeness (QED) is 0.621. The lowest BCUT2D eigenvalue weighted by molar-refractivity contribution is 0.514. The van der Waals surface area contributed by atoms with E-state index in [1.165, 1.54) is 5.56 Å². The normalized spacial score (nSPS) is 12.3. The van der Waals surface area contributed by atoms with Gasteiger partial charge in [-0.3, -0.25) is 21.2 Å². The summed E-state index contributed by atoms with van der Waals surface area (Å²) in [6.45, 7) is 2.03. The van der Waals surface area contributed by atoms with Crippen molar-refractivity contribution in [1.82, 2.24) is 15.4 Å². The highest BCUT2D eigenvalue weighted by molar-refractivity contribution is 5.20. The molecule has 0 saturated carbocycles. The monoisotopic (exact) mass is 242 g/mol. The van der Waals surface area contributed by atoms with Crippen molar-refractivity contribution in [2.45, 2.75) is 25.8 Å². The van der Waals surface area contributed by atoms with Crippen molar-refractivity contribution in [3.8, 4) is 0 Å². The van der Waals surface area contributed by atoms with Crippen LogP contribution in [-0.2, 0) is 6.42 Å². The lowest BCUT2D eigenvalue weighted by Crippen LogP contribution is -2.28. The highest BCUT2D eigenvalue weighted by Gasteiger charge is 2.10. The molecule has 1 atom stereocenters. The first-order valence-electron chi connectivity index (χ1n) is 6.06. The number of pyridine rings is 2. The van der Waals surface area contributed by atoms with Gasteiger partial charge in [0.2, 0.25) is 0 Å². The Morgan fingerprint density at radius 3 is 2.67 bits per heavy atom. The molecule has 0 radical (unpaired) electrons. The van der Waals surface area contributed by atoms with Gasteiger partial charge < -0.3 is 0 Å². The van der Waals surface area contributed by atoms with Crippen molar-refractivity contribution in [2.75, 3.05) is 0 Å². The van der Waals surface area contributed by atoms with Crippen LogP contribution in [0.3, 0.4) is 0 Å². The van der Waals surface area contributed by atoms with Crippen molar-refractivity contribution >= 4 is 0 Å². The lowest BCUT2D eigenvalue weighted by Gasteiger charge is -2.16. The van der Waals surface area contributed by atoms with E-state index in [0.29, 0.717) is 0 Å². The van der Waals surface area contributed by atoms with E-state index in [4.69, 9.17) is 5.84 Å². The van der Waals surface area contributed by atoms with Gasteiger partial charge in [0.05, 0.1) is 0 Å². The van der Waals surface area contributed by atoms with Crippen LogP contribution in [0.1, 0.15) is 29.2 Å². The maximum Gasteiger partial charge on any atom is 0.0478 e. The second kappa shape index (κ2) is 6.23. The number of rotatable bonds is 5. The Morgan fingerprint density at radius 2 is 2.00 bits per heavy atom. The Balaban J connectivity index is 2.02. The van der Waals surface area contributed by atoms with E-state index in [-0.39, 0.29) is 6.04 Å². The van der Waals surface area contributed by atoms with E-state index in [9.17, 15) is 0 Å². The van der Waals surface area contributed by atoms with E-state index in [1.54, 1.807) is 0 Å². The van der Waals surface area contributed by atoms with Crippen LogP contribution in [-0.4, -0.2) is 9.97 Å². The third-order valence-corrected chi connectivity index (χ3v) is 2.97. The molecule has 0 fully saturated rings. The molecule has 4 heteroatoms. The second-order valence-electron chi connectivity index (χ2n) is 4.41. The zero-order valence-corrected chi connectivity index (χ0v) is 10.5. The molecule has 1 unspecified atom stereocenters. The molecule has 18 heavy (non-hydrogen) atoms. The number of nitrogens with two attached hydrogens (primary N) is 1. The average molecular weight is 242 g/mol. The predicted molar refractivity (Wildman–Crippen MR) is 71.6 cm³/mol. The van der Waals surface area contributed by atoms with Gasteiger partial charge in [0.1, 0.15) is 0 Å². The molecule has 0 aliphatic rings. The molecule has 0 aromatic carbocycles. The largest absolute Gasteiger partial charge is 0.271 e. The average Bonchev–Trinajstić information content (AvgIpc) is 2.41. The highest BCUT2D eigenvalue weighted by Crippen LogP contribution is 2.18. The topological polar surface area (TPSA) is 63.8 Å². The van der Waals surface area contributed by atoms with Crippen molar-refractivity contribution in [3.63, 3.8) is 0 Å². The van der Waals surface area contributed by atoms with E-state index in [1.807, 2.05) is 43.8 Å². The Hall–Kier alpha value is -1.78. The van der Waals surface area contributed by atoms with Crippen LogP contribution in [0.4, 0.5) is 0 Å². The van der Waals surface area contributed by atoms with Crippen LogP contribution >= 0.6 is 0 Å². The molecule has 0 bridgehead atoms. The fourth-order valence-electron chi connectivity index (χ4n) is 1.98. The molecule has 2 aromatic heterocycles. The van der Waals surface area contributed by atoms with Crippen molar-refractivity contribution < 1.29 is 0 Å². The molecule has 0 amide bonds. The molecule has 0 aliphatic heterocycles. The molecule has 4 nitrogen and oxygen atoms in total. The molecular weight excluding hydrogens is 224 g/mol. The van der Waals surface area contributed by atoms with Gasteiger partial charge in [-0.15, -0.1) is 0 Å². The van der Waals surface area contributed by atoms with Crippen LogP contribution in [0.2, 0.25) is 0 Å². The summed E-state index contributed by atoms with van der Waals surface area (Å²) >= 11 is 0. The zero-order valence-electron chi connectivity index (χ0n) is 10.5. The van der Waals surface area contributed by atoms with Gasteiger partial charge in [-0.25, -0.2) is 0 Å². The van der Waals surface area contributed by atoms with Crippen LogP contribution < -0.4 is 11.3 Å². The number of hydrogen-bond acceptors (Lipinski definition) is 4. The summed E-state index contributed by atoms with van der Waals surface area (Å²) in [6, 6.07) is 6.30. The number of hydrazine groups is 1. The van der Waals surface area contributed by atoms with Gasteiger partial charge in [-0.05, 0) is 48.6 Å². The molecule has 2 rings (SSSR count). The maximum atomic E-state index is 5.63. The van der Waals surface area contributed by atoms with Gasteiger partial charge in [0.25, 0.3) is 0 Å². The number of nitrogens with zero attached hydrogens (tertiary/aromatic N) is 2. The number of aromatic nitrogens is 2. The van der Waals surface area contributed by atoms with Gasteiger partial charge in [0.15, 0.2) is 0 Å². The molecular formula is C14H18N4. The fourth-order valence-corrected chi connectivity index (χ4v) is 1.98. The smallest absolute Gasteiger partial charge is 0.0478 e. The minimum Gasteiger partial charge on any atom is -0.271 e. The third-order valence-electron chi connectivity index (χ3n) is 2.97. The maximum absolute atomic E-state index is 5.63. The summed E-state index contributed by atoms with van der Waals surface area (Å²) < 4.78 is 0. The first-order valence-corrected chi connectivity index (χ1v) is 6.06. The minimum absolute atomic E-state index is 0.130. The Bertz CT molecular complexity index is 484. The van der Waals surface area contributed by atoms with Gasteiger partial charge in [-0.1, -0.05) is 6.07 Å². The van der Waals surface area contributed by atoms with Crippen molar-refractivity contribution in [2.24, 2.45) is 5.84 Å². The first kappa shape index (κ1) is 12.7. The molecule has 2 heterocycles. The SMILES string of the molecule is Cc1cncc(C(CCc2ccncc2)NN)c1. The van der Waals surface area contributed by atoms with Crippen molar-refractivity contribution in [3.05, 3.63) is 59.7 Å². The van der Waals surface area contributed by atoms with Crippen LogP contribution in [0.15, 0.2) is 43.0 Å². The molecule has 94 valence electrons. The second-order valence-corrected chi connectivity index (χ2v) is 4.41. The first-order chi connectivity index (χ1) is 8.79. The summed E-state index contributed by atoms with van der Waals surface area (Å²) in [6.07, 6.45) is 9.24. The summed E-state index contributed by atoms with van der Waals surface area (Å²) in [4.78, 5) is 8.21. The zero-order chi connectivity index (χ0) is 12.8. The van der Waals surface area contributed by atoms with E-state index in [0.717, 1.165) is 24.0 Å². The van der Waals surface area contributed by atoms with Crippen LogP contribution in [0.5, 0.6) is 0 Å². The van der Waals surface area contributed by atoms with E-state index >= 15 is 0 Å². The van der Waals surface area contributed by atoms with Gasteiger partial charge >= 0.3 is 0 Å². The summed E-state index contributed by atoms with van der Waals surface area (Å²) in [5, 5.41) is 0. The summed E-state index contributed by atoms with van der Waals surface area (Å²) in [5.41, 5.74) is 6.41. The number of hydrogen-bond donors (Lipinski definition) is 2. The Morgan fingerprint density at radius 1 is 1.22 bits per heavy atom. The molecule has 2 aromatic rings. The van der Waals surface area contributed by atoms with Gasteiger partial charge in [0, 0.05) is 30.8 Å². The molecule has 3 N–H and O–H groups in total. The van der Waals surface area contributed by atoms with Crippen LogP contribution in [0.25, 0.3) is 0 Å². The predicted octanol–water partition coefficient (Wildman–Crippen LogP) is 1.92. The van der Waals surface area contributed by atoms with Gasteiger partial charge in [-0.2, -0.15) is 0 Å². The van der Waals surface area contributed by atoms with E-state index < -0.39 is 0 Å². The molecule has 0 spiro atoms. The minimum atomic E-state index is 0.130. The Labute approximate surface area is 107 Å². The highest BCUT2D eigenvalue weighted by atomic mass is 15.2. The Kier molecular flexibility index (Phi) is 4.39. The third kappa shape index (κ3) is 3.35. The van der Waals surface area contributed by atoms with Crippen molar-refractivity contribution in [1.29, 1.82) is 0 Å². The fraction of sp³-hybridized carbons (Fsp3) is 0.286.